The van der Waals surface area contributed by atoms with E-state index in [0.717, 1.165) is 5.56 Å². The standard InChI is InChI=1S/C20H20N2O6/c1-12(13-2-4-15-17(8-13)26-7-6-25-15)22-19(23)10-21-20(24)14-3-5-16-18(9-14)28-11-27-16/h2-5,8-9,12H,6-7,10-11H2,1H3,(H,21,24)(H,22,23)/t12-/m1/s1. The van der Waals surface area contributed by atoms with Gasteiger partial charge in [0.25, 0.3) is 5.91 Å². The van der Waals surface area contributed by atoms with Crippen LogP contribution in [0.3, 0.4) is 0 Å². The molecule has 0 aliphatic carbocycles. The van der Waals surface area contributed by atoms with Crippen LogP contribution in [0.15, 0.2) is 36.4 Å². The summed E-state index contributed by atoms with van der Waals surface area (Å²) in [5.41, 5.74) is 1.29. The molecule has 8 heteroatoms. The van der Waals surface area contributed by atoms with Crippen molar-refractivity contribution in [3.8, 4) is 23.0 Å². The van der Waals surface area contributed by atoms with Crippen molar-refractivity contribution in [2.45, 2.75) is 13.0 Å². The molecule has 2 aliphatic heterocycles. The molecule has 0 radical (unpaired) electrons. The molecule has 2 N–H and O–H groups in total. The van der Waals surface area contributed by atoms with Crippen LogP contribution in [0.1, 0.15) is 28.9 Å². The Hall–Kier alpha value is -3.42. The average molecular weight is 384 g/mol. The van der Waals surface area contributed by atoms with E-state index < -0.39 is 0 Å². The monoisotopic (exact) mass is 384 g/mol. The third kappa shape index (κ3) is 3.80. The van der Waals surface area contributed by atoms with Crippen LogP contribution in [0.4, 0.5) is 0 Å². The lowest BCUT2D eigenvalue weighted by Crippen LogP contribution is -2.38. The van der Waals surface area contributed by atoms with Crippen molar-refractivity contribution >= 4 is 11.8 Å². The Bertz CT molecular complexity index is 914. The number of hydrogen-bond acceptors (Lipinski definition) is 6. The summed E-state index contributed by atoms with van der Waals surface area (Å²) < 4.78 is 21.5. The van der Waals surface area contributed by atoms with Gasteiger partial charge in [-0.25, -0.2) is 0 Å². The van der Waals surface area contributed by atoms with Crippen molar-refractivity contribution in [1.82, 2.24) is 10.6 Å². The van der Waals surface area contributed by atoms with Crippen LogP contribution in [0, 0.1) is 0 Å². The first kappa shape index (κ1) is 18.0. The number of amides is 2. The minimum absolute atomic E-state index is 0.137. The maximum Gasteiger partial charge on any atom is 0.251 e. The number of fused-ring (bicyclic) bond motifs is 2. The molecule has 2 amide bonds. The van der Waals surface area contributed by atoms with Gasteiger partial charge >= 0.3 is 0 Å². The van der Waals surface area contributed by atoms with Gasteiger partial charge in [0.15, 0.2) is 23.0 Å². The number of nitrogens with one attached hydrogen (secondary N) is 2. The molecule has 2 aromatic carbocycles. The van der Waals surface area contributed by atoms with Crippen LogP contribution in [-0.4, -0.2) is 38.4 Å². The third-order valence-corrected chi connectivity index (χ3v) is 4.49. The minimum atomic E-state index is -0.361. The Balaban J connectivity index is 1.31. The second-order valence-electron chi connectivity index (χ2n) is 6.44. The van der Waals surface area contributed by atoms with Gasteiger partial charge in [0.2, 0.25) is 12.7 Å². The van der Waals surface area contributed by atoms with Crippen LogP contribution >= 0.6 is 0 Å². The van der Waals surface area contributed by atoms with Crippen molar-refractivity contribution < 1.29 is 28.5 Å². The van der Waals surface area contributed by atoms with Gasteiger partial charge in [-0.1, -0.05) is 6.07 Å². The quantitative estimate of drug-likeness (QED) is 0.816. The highest BCUT2D eigenvalue weighted by Crippen LogP contribution is 2.33. The first-order valence-corrected chi connectivity index (χ1v) is 8.97. The summed E-state index contributed by atoms with van der Waals surface area (Å²) in [6.07, 6.45) is 0. The Morgan fingerprint density at radius 1 is 0.929 bits per heavy atom. The number of rotatable bonds is 5. The zero-order valence-corrected chi connectivity index (χ0v) is 15.3. The lowest BCUT2D eigenvalue weighted by Gasteiger charge is -2.21. The van der Waals surface area contributed by atoms with Gasteiger partial charge in [-0.15, -0.1) is 0 Å². The largest absolute Gasteiger partial charge is 0.486 e. The highest BCUT2D eigenvalue weighted by atomic mass is 16.7. The predicted octanol–water partition coefficient (Wildman–Crippen LogP) is 1.79. The fraction of sp³-hybridized carbons (Fsp3) is 0.300. The summed E-state index contributed by atoms with van der Waals surface area (Å²) in [5, 5.41) is 5.46. The number of ether oxygens (including phenoxy) is 4. The highest BCUT2D eigenvalue weighted by molar-refractivity contribution is 5.97. The maximum atomic E-state index is 12.2. The van der Waals surface area contributed by atoms with Crippen LogP contribution in [0.25, 0.3) is 0 Å². The van der Waals surface area contributed by atoms with E-state index in [0.29, 0.717) is 41.8 Å². The van der Waals surface area contributed by atoms with Crippen molar-refractivity contribution in [3.05, 3.63) is 47.5 Å². The smallest absolute Gasteiger partial charge is 0.251 e. The van der Waals surface area contributed by atoms with E-state index in [2.05, 4.69) is 10.6 Å². The average Bonchev–Trinajstić information content (AvgIpc) is 3.19. The topological polar surface area (TPSA) is 95.1 Å². The van der Waals surface area contributed by atoms with E-state index in [1.165, 1.54) is 0 Å². The van der Waals surface area contributed by atoms with Crippen LogP contribution in [0.2, 0.25) is 0 Å². The van der Waals surface area contributed by atoms with Gasteiger partial charge in [0, 0.05) is 5.56 Å². The summed E-state index contributed by atoms with van der Waals surface area (Å²) in [6, 6.07) is 10.2. The van der Waals surface area contributed by atoms with E-state index in [1.807, 2.05) is 25.1 Å². The molecule has 4 rings (SSSR count). The van der Waals surface area contributed by atoms with Gasteiger partial charge in [-0.2, -0.15) is 0 Å². The third-order valence-electron chi connectivity index (χ3n) is 4.49. The number of hydrogen-bond donors (Lipinski definition) is 2. The summed E-state index contributed by atoms with van der Waals surface area (Å²) in [7, 11) is 0. The Labute approximate surface area is 161 Å². The van der Waals surface area contributed by atoms with Crippen LogP contribution < -0.4 is 29.6 Å². The molecule has 0 aromatic heterocycles. The highest BCUT2D eigenvalue weighted by Gasteiger charge is 2.18. The number of carbonyl (C=O) groups is 2. The SMILES string of the molecule is C[C@@H](NC(=O)CNC(=O)c1ccc2c(c1)OCO2)c1ccc2c(c1)OCCO2. The second-order valence-corrected chi connectivity index (χ2v) is 6.44. The summed E-state index contributed by atoms with van der Waals surface area (Å²) >= 11 is 0. The van der Waals surface area contributed by atoms with Gasteiger partial charge in [-0.05, 0) is 42.8 Å². The van der Waals surface area contributed by atoms with Gasteiger partial charge in [-0.3, -0.25) is 9.59 Å². The normalized spacial score (nSPS) is 14.9. The molecule has 0 spiro atoms. The first-order chi connectivity index (χ1) is 13.6. The van der Waals surface area contributed by atoms with Gasteiger partial charge in [0.1, 0.15) is 13.2 Å². The Morgan fingerprint density at radius 2 is 1.61 bits per heavy atom. The molecule has 1 atom stereocenters. The summed E-state index contributed by atoms with van der Waals surface area (Å²) in [6.45, 7) is 2.90. The molecule has 0 bridgehead atoms. The molecular weight excluding hydrogens is 364 g/mol. The molecule has 0 unspecified atom stereocenters. The molecule has 2 aromatic rings. The molecule has 8 nitrogen and oxygen atoms in total. The van der Waals surface area contributed by atoms with Crippen LogP contribution in [-0.2, 0) is 4.79 Å². The van der Waals surface area contributed by atoms with Crippen molar-refractivity contribution in [3.63, 3.8) is 0 Å². The van der Waals surface area contributed by atoms with Gasteiger partial charge < -0.3 is 29.6 Å². The van der Waals surface area contributed by atoms with E-state index in [9.17, 15) is 9.59 Å². The van der Waals surface area contributed by atoms with E-state index in [1.54, 1.807) is 18.2 Å². The Kier molecular flexibility index (Phi) is 4.92. The molecule has 0 saturated carbocycles. The van der Waals surface area contributed by atoms with Crippen molar-refractivity contribution in [2.75, 3.05) is 26.6 Å². The molecule has 2 heterocycles. The first-order valence-electron chi connectivity index (χ1n) is 8.97. The fourth-order valence-corrected chi connectivity index (χ4v) is 3.01. The molecule has 0 fully saturated rings. The zero-order chi connectivity index (χ0) is 19.5. The minimum Gasteiger partial charge on any atom is -0.486 e. The fourth-order valence-electron chi connectivity index (χ4n) is 3.01. The van der Waals surface area contributed by atoms with Crippen molar-refractivity contribution in [2.24, 2.45) is 0 Å². The lowest BCUT2D eigenvalue weighted by molar-refractivity contribution is -0.120. The summed E-state index contributed by atoms with van der Waals surface area (Å²) in [5.74, 6) is 1.83. The second kappa shape index (κ2) is 7.67. The zero-order valence-electron chi connectivity index (χ0n) is 15.3. The van der Waals surface area contributed by atoms with Crippen molar-refractivity contribution in [1.29, 1.82) is 0 Å². The Morgan fingerprint density at radius 3 is 2.46 bits per heavy atom. The maximum absolute atomic E-state index is 12.2. The molecule has 146 valence electrons. The number of benzene rings is 2. The van der Waals surface area contributed by atoms with E-state index in [4.69, 9.17) is 18.9 Å². The molecule has 0 saturated heterocycles. The van der Waals surface area contributed by atoms with E-state index >= 15 is 0 Å². The van der Waals surface area contributed by atoms with E-state index in [-0.39, 0.29) is 31.2 Å². The van der Waals surface area contributed by atoms with Crippen LogP contribution in [0.5, 0.6) is 23.0 Å². The molecule has 2 aliphatic rings. The molecule has 28 heavy (non-hydrogen) atoms. The molecular formula is C20H20N2O6. The lowest BCUT2D eigenvalue weighted by atomic mass is 10.1. The number of carbonyl (C=O) groups excluding carboxylic acids is 2. The summed E-state index contributed by atoms with van der Waals surface area (Å²) in [4.78, 5) is 24.5. The van der Waals surface area contributed by atoms with Gasteiger partial charge in [0.05, 0.1) is 12.6 Å². The predicted molar refractivity (Wildman–Crippen MR) is 98.9 cm³/mol.